The molecule has 134 valence electrons. The number of fused-ring (bicyclic) bond motifs is 1. The third kappa shape index (κ3) is 4.36. The van der Waals surface area contributed by atoms with Crippen molar-refractivity contribution in [2.24, 2.45) is 11.8 Å². The number of nitrogens with one attached hydrogen (secondary N) is 3. The van der Waals surface area contributed by atoms with Gasteiger partial charge in [0, 0.05) is 37.3 Å². The largest absolute Gasteiger partial charge is 0.350 e. The van der Waals surface area contributed by atoms with E-state index in [2.05, 4.69) is 39.6 Å². The van der Waals surface area contributed by atoms with Crippen LogP contribution in [0.3, 0.4) is 0 Å². The predicted molar refractivity (Wildman–Crippen MR) is 95.0 cm³/mol. The van der Waals surface area contributed by atoms with Crippen molar-refractivity contribution in [3.63, 3.8) is 0 Å². The number of likely N-dealkylation sites (tertiary alicyclic amines) is 1. The first kappa shape index (κ1) is 17.4. The molecule has 1 aromatic rings. The Hall–Kier alpha value is -1.40. The highest BCUT2D eigenvalue weighted by Crippen LogP contribution is 2.18. The van der Waals surface area contributed by atoms with Crippen molar-refractivity contribution in [2.45, 2.75) is 46.1 Å². The standard InChI is InChI=1S/C18H31N5O/c1-13(2)4-8-23-9-5-14(6-10-23)11-20-18(24)17-15-12-19-7-3-16(15)21-22-17/h13-14,19H,3-12H2,1-2H3,(H,20,24)(H,21,22). The van der Waals surface area contributed by atoms with Crippen molar-refractivity contribution in [3.8, 4) is 0 Å². The lowest BCUT2D eigenvalue weighted by Gasteiger charge is -2.32. The van der Waals surface area contributed by atoms with E-state index in [1.54, 1.807) is 0 Å². The number of aromatic nitrogens is 2. The molecule has 1 saturated heterocycles. The number of carbonyl (C=O) groups excluding carboxylic acids is 1. The van der Waals surface area contributed by atoms with Crippen molar-refractivity contribution in [1.29, 1.82) is 0 Å². The molecule has 3 heterocycles. The second kappa shape index (κ2) is 8.12. The molecule has 0 saturated carbocycles. The zero-order valence-electron chi connectivity index (χ0n) is 15.0. The van der Waals surface area contributed by atoms with Crippen LogP contribution in [0.2, 0.25) is 0 Å². The van der Waals surface area contributed by atoms with Crippen LogP contribution in [0.15, 0.2) is 0 Å². The third-order valence-corrected chi connectivity index (χ3v) is 5.30. The Morgan fingerprint density at radius 1 is 1.38 bits per heavy atom. The van der Waals surface area contributed by atoms with E-state index in [0.29, 0.717) is 11.6 Å². The summed E-state index contributed by atoms with van der Waals surface area (Å²) in [4.78, 5) is 15.0. The van der Waals surface area contributed by atoms with Crippen molar-refractivity contribution in [1.82, 2.24) is 25.7 Å². The number of nitrogens with zero attached hydrogens (tertiary/aromatic N) is 2. The minimum absolute atomic E-state index is 0.0292. The zero-order chi connectivity index (χ0) is 16.9. The van der Waals surface area contributed by atoms with Crippen LogP contribution >= 0.6 is 0 Å². The molecule has 0 radical (unpaired) electrons. The van der Waals surface area contributed by atoms with Gasteiger partial charge in [0.25, 0.3) is 5.91 Å². The van der Waals surface area contributed by atoms with Gasteiger partial charge in [0.1, 0.15) is 0 Å². The summed E-state index contributed by atoms with van der Waals surface area (Å²) in [7, 11) is 0. The molecule has 1 aromatic heterocycles. The predicted octanol–water partition coefficient (Wildman–Crippen LogP) is 1.54. The molecule has 24 heavy (non-hydrogen) atoms. The second-order valence-corrected chi connectivity index (χ2v) is 7.63. The fourth-order valence-electron chi connectivity index (χ4n) is 3.59. The van der Waals surface area contributed by atoms with Crippen molar-refractivity contribution in [2.75, 3.05) is 32.7 Å². The first-order valence-corrected chi connectivity index (χ1v) is 9.41. The molecule has 0 atom stereocenters. The smallest absolute Gasteiger partial charge is 0.272 e. The van der Waals surface area contributed by atoms with Gasteiger partial charge in [-0.3, -0.25) is 9.89 Å². The monoisotopic (exact) mass is 333 g/mol. The van der Waals surface area contributed by atoms with Gasteiger partial charge in [0.15, 0.2) is 5.69 Å². The van der Waals surface area contributed by atoms with Crippen molar-refractivity contribution < 1.29 is 4.79 Å². The summed E-state index contributed by atoms with van der Waals surface area (Å²) in [5.41, 5.74) is 2.73. The minimum atomic E-state index is -0.0292. The van der Waals surface area contributed by atoms with Gasteiger partial charge >= 0.3 is 0 Å². The van der Waals surface area contributed by atoms with Gasteiger partial charge in [0.05, 0.1) is 0 Å². The van der Waals surface area contributed by atoms with E-state index < -0.39 is 0 Å². The summed E-state index contributed by atoms with van der Waals surface area (Å²) in [6.07, 6.45) is 4.56. The summed E-state index contributed by atoms with van der Waals surface area (Å²) >= 11 is 0. The molecule has 6 heteroatoms. The van der Waals surface area contributed by atoms with Gasteiger partial charge in [-0.05, 0) is 50.7 Å². The number of H-pyrrole nitrogens is 1. The normalized spacial score (nSPS) is 19.5. The number of hydrogen-bond acceptors (Lipinski definition) is 4. The van der Waals surface area contributed by atoms with Crippen molar-refractivity contribution >= 4 is 5.91 Å². The zero-order valence-corrected chi connectivity index (χ0v) is 15.0. The van der Waals surface area contributed by atoms with E-state index in [1.165, 1.54) is 25.8 Å². The molecule has 3 N–H and O–H groups in total. The molecule has 2 aliphatic rings. The molecule has 0 aliphatic carbocycles. The van der Waals surface area contributed by atoms with Crippen LogP contribution in [0.4, 0.5) is 0 Å². The highest BCUT2D eigenvalue weighted by atomic mass is 16.1. The van der Waals surface area contributed by atoms with Gasteiger partial charge < -0.3 is 15.5 Å². The van der Waals surface area contributed by atoms with Gasteiger partial charge in [-0.25, -0.2) is 0 Å². The molecular formula is C18H31N5O. The number of rotatable bonds is 6. The van der Waals surface area contributed by atoms with Gasteiger partial charge in [-0.2, -0.15) is 5.10 Å². The quantitative estimate of drug-likeness (QED) is 0.738. The van der Waals surface area contributed by atoms with E-state index in [1.807, 2.05) is 0 Å². The van der Waals surface area contributed by atoms with Crippen LogP contribution in [0.1, 0.15) is 54.9 Å². The maximum absolute atomic E-state index is 12.4. The molecule has 0 spiro atoms. The van der Waals surface area contributed by atoms with Crippen LogP contribution in [0.5, 0.6) is 0 Å². The fourth-order valence-corrected chi connectivity index (χ4v) is 3.59. The van der Waals surface area contributed by atoms with Gasteiger partial charge in [-0.1, -0.05) is 13.8 Å². The topological polar surface area (TPSA) is 73.0 Å². The second-order valence-electron chi connectivity index (χ2n) is 7.63. The fraction of sp³-hybridized carbons (Fsp3) is 0.778. The van der Waals surface area contributed by atoms with Crippen LogP contribution < -0.4 is 10.6 Å². The minimum Gasteiger partial charge on any atom is -0.350 e. The van der Waals surface area contributed by atoms with Crippen LogP contribution in [0, 0.1) is 11.8 Å². The molecule has 2 aliphatic heterocycles. The van der Waals surface area contributed by atoms with Crippen LogP contribution in [0.25, 0.3) is 0 Å². The molecule has 3 rings (SSSR count). The average molecular weight is 333 g/mol. The first-order valence-electron chi connectivity index (χ1n) is 9.41. The van der Waals surface area contributed by atoms with E-state index in [9.17, 15) is 4.79 Å². The van der Waals surface area contributed by atoms with Gasteiger partial charge in [-0.15, -0.1) is 0 Å². The van der Waals surface area contributed by atoms with Crippen molar-refractivity contribution in [3.05, 3.63) is 17.0 Å². The first-order chi connectivity index (χ1) is 11.6. The average Bonchev–Trinajstić information content (AvgIpc) is 3.03. The Kier molecular flexibility index (Phi) is 5.89. The lowest BCUT2D eigenvalue weighted by atomic mass is 9.96. The Bertz CT molecular complexity index is 546. The summed E-state index contributed by atoms with van der Waals surface area (Å²) in [5, 5.41) is 13.7. The highest BCUT2D eigenvalue weighted by molar-refractivity contribution is 5.94. The Labute approximate surface area is 144 Å². The number of hydrogen-bond donors (Lipinski definition) is 3. The molecule has 0 aromatic carbocycles. The van der Waals surface area contributed by atoms with E-state index in [-0.39, 0.29) is 5.91 Å². The lowest BCUT2D eigenvalue weighted by Crippen LogP contribution is -2.39. The molecule has 6 nitrogen and oxygen atoms in total. The van der Waals surface area contributed by atoms with E-state index in [0.717, 1.165) is 56.3 Å². The number of piperidine rings is 1. The van der Waals surface area contributed by atoms with Crippen LogP contribution in [-0.4, -0.2) is 53.7 Å². The Balaban J connectivity index is 1.42. The van der Waals surface area contributed by atoms with Gasteiger partial charge in [0.2, 0.25) is 0 Å². The summed E-state index contributed by atoms with van der Waals surface area (Å²) < 4.78 is 0. The molecule has 1 amide bonds. The maximum atomic E-state index is 12.4. The molecule has 1 fully saturated rings. The summed E-state index contributed by atoms with van der Waals surface area (Å²) in [6.45, 7) is 10.6. The van der Waals surface area contributed by atoms with E-state index in [4.69, 9.17) is 0 Å². The summed E-state index contributed by atoms with van der Waals surface area (Å²) in [6, 6.07) is 0. The van der Waals surface area contributed by atoms with E-state index >= 15 is 0 Å². The molecular weight excluding hydrogens is 302 g/mol. The number of amides is 1. The summed E-state index contributed by atoms with van der Waals surface area (Å²) in [5.74, 6) is 1.34. The van der Waals surface area contributed by atoms with Crippen LogP contribution in [-0.2, 0) is 13.0 Å². The Morgan fingerprint density at radius 2 is 2.17 bits per heavy atom. The SMILES string of the molecule is CC(C)CCN1CCC(CNC(=O)c2n[nH]c3c2CNCC3)CC1. The maximum Gasteiger partial charge on any atom is 0.272 e. The lowest BCUT2D eigenvalue weighted by molar-refractivity contribution is 0.0929. The molecule has 0 unspecified atom stereocenters. The molecule has 0 bridgehead atoms. The Morgan fingerprint density at radius 3 is 2.92 bits per heavy atom. The number of aromatic amines is 1. The number of carbonyl (C=O) groups is 1. The third-order valence-electron chi connectivity index (χ3n) is 5.30. The highest BCUT2D eigenvalue weighted by Gasteiger charge is 2.23.